The second kappa shape index (κ2) is 3.63. The second-order valence-electron chi connectivity index (χ2n) is 4.26. The van der Waals surface area contributed by atoms with Gasteiger partial charge in [-0.3, -0.25) is 4.98 Å². The van der Waals surface area contributed by atoms with Crippen LogP contribution in [0.3, 0.4) is 0 Å². The minimum Gasteiger partial charge on any atom is -0.338 e. The number of pyridine rings is 1. The van der Waals surface area contributed by atoms with Crippen molar-refractivity contribution in [3.05, 3.63) is 54.4 Å². The highest BCUT2D eigenvalue weighted by Gasteiger charge is 2.26. The molecule has 2 aromatic rings. The molecule has 2 nitrogen and oxygen atoms in total. The molecule has 1 aromatic heterocycles. The van der Waals surface area contributed by atoms with Crippen LogP contribution in [0, 0.1) is 0 Å². The van der Waals surface area contributed by atoms with Gasteiger partial charge in [-0.15, -0.1) is 0 Å². The molecule has 0 saturated heterocycles. The Kier molecular flexibility index (Phi) is 2.13. The lowest BCUT2D eigenvalue weighted by Crippen LogP contribution is -2.23. The first-order valence-electron chi connectivity index (χ1n) is 5.63. The van der Waals surface area contributed by atoms with Crippen LogP contribution in [0.5, 0.6) is 0 Å². The molecule has 1 aromatic carbocycles. The maximum atomic E-state index is 4.07. The van der Waals surface area contributed by atoms with E-state index in [-0.39, 0.29) is 0 Å². The van der Waals surface area contributed by atoms with Crippen LogP contribution < -0.4 is 4.90 Å². The maximum Gasteiger partial charge on any atom is 0.0446 e. The average Bonchev–Trinajstić information content (AvgIpc) is 2.66. The van der Waals surface area contributed by atoms with Gasteiger partial charge in [0, 0.05) is 29.8 Å². The molecule has 1 aliphatic heterocycles. The van der Waals surface area contributed by atoms with Gasteiger partial charge in [0.1, 0.15) is 0 Å². The van der Waals surface area contributed by atoms with Crippen molar-refractivity contribution < 1.29 is 0 Å². The van der Waals surface area contributed by atoms with Crippen molar-refractivity contribution in [2.75, 3.05) is 4.90 Å². The zero-order valence-electron chi connectivity index (χ0n) is 9.30. The van der Waals surface area contributed by atoms with Gasteiger partial charge in [0.15, 0.2) is 0 Å². The van der Waals surface area contributed by atoms with E-state index in [2.05, 4.69) is 53.2 Å². The Morgan fingerprint density at radius 2 is 1.88 bits per heavy atom. The second-order valence-corrected chi connectivity index (χ2v) is 4.26. The number of anilines is 2. The van der Waals surface area contributed by atoms with Gasteiger partial charge in [-0.2, -0.15) is 0 Å². The minimum atomic E-state index is 0.528. The molecule has 0 aliphatic carbocycles. The first-order valence-corrected chi connectivity index (χ1v) is 5.63. The topological polar surface area (TPSA) is 16.1 Å². The van der Waals surface area contributed by atoms with E-state index in [0.717, 1.165) is 6.42 Å². The van der Waals surface area contributed by atoms with Crippen LogP contribution in [0.2, 0.25) is 0 Å². The third kappa shape index (κ3) is 1.38. The summed E-state index contributed by atoms with van der Waals surface area (Å²) >= 11 is 0. The Morgan fingerprint density at radius 1 is 1.12 bits per heavy atom. The van der Waals surface area contributed by atoms with E-state index >= 15 is 0 Å². The lowest BCUT2D eigenvalue weighted by atomic mass is 10.1. The summed E-state index contributed by atoms with van der Waals surface area (Å²) in [6.45, 7) is 2.26. The summed E-state index contributed by atoms with van der Waals surface area (Å²) in [6.07, 6.45) is 4.82. The summed E-state index contributed by atoms with van der Waals surface area (Å²) in [5.41, 5.74) is 4.00. The van der Waals surface area contributed by atoms with Crippen molar-refractivity contribution in [1.29, 1.82) is 0 Å². The van der Waals surface area contributed by atoms with Crippen molar-refractivity contribution in [3.63, 3.8) is 0 Å². The number of benzene rings is 1. The largest absolute Gasteiger partial charge is 0.338 e. The maximum absolute atomic E-state index is 4.07. The lowest BCUT2D eigenvalue weighted by molar-refractivity contribution is 0.758. The Labute approximate surface area is 95.6 Å². The molecule has 2 heterocycles. The standard InChI is InChI=1S/C14H14N2/c1-11-10-12-4-2-3-5-14(12)16(11)13-6-8-15-9-7-13/h2-9,11H,10H2,1H3/t11-/m0/s1. The number of hydrogen-bond donors (Lipinski definition) is 0. The van der Waals surface area contributed by atoms with Gasteiger partial charge in [0.2, 0.25) is 0 Å². The highest BCUT2D eigenvalue weighted by molar-refractivity contribution is 5.70. The Hall–Kier alpha value is -1.83. The van der Waals surface area contributed by atoms with Crippen molar-refractivity contribution >= 4 is 11.4 Å². The first kappa shape index (κ1) is 9.40. The summed E-state index contributed by atoms with van der Waals surface area (Å²) in [7, 11) is 0. The third-order valence-corrected chi connectivity index (χ3v) is 3.15. The van der Waals surface area contributed by atoms with Crippen LogP contribution in [0.4, 0.5) is 11.4 Å². The normalized spacial score (nSPS) is 18.6. The van der Waals surface area contributed by atoms with E-state index in [1.165, 1.54) is 16.9 Å². The molecular formula is C14H14N2. The molecule has 0 bridgehead atoms. The first-order chi connectivity index (χ1) is 7.86. The van der Waals surface area contributed by atoms with Crippen LogP contribution >= 0.6 is 0 Å². The average molecular weight is 210 g/mol. The predicted octanol–water partition coefficient (Wildman–Crippen LogP) is 3.16. The predicted molar refractivity (Wildman–Crippen MR) is 66.0 cm³/mol. The zero-order valence-corrected chi connectivity index (χ0v) is 9.30. The third-order valence-electron chi connectivity index (χ3n) is 3.15. The van der Waals surface area contributed by atoms with E-state index in [4.69, 9.17) is 0 Å². The summed E-state index contributed by atoms with van der Waals surface area (Å²) < 4.78 is 0. The van der Waals surface area contributed by atoms with Crippen molar-refractivity contribution in [3.8, 4) is 0 Å². The number of nitrogens with zero attached hydrogens (tertiary/aromatic N) is 2. The minimum absolute atomic E-state index is 0.528. The quantitative estimate of drug-likeness (QED) is 0.718. The summed E-state index contributed by atoms with van der Waals surface area (Å²) in [4.78, 5) is 6.46. The van der Waals surface area contributed by atoms with Gasteiger partial charge in [-0.25, -0.2) is 0 Å². The molecule has 2 heteroatoms. The Bertz CT molecular complexity index is 493. The fourth-order valence-electron chi connectivity index (χ4n) is 2.46. The lowest BCUT2D eigenvalue weighted by Gasteiger charge is -2.24. The highest BCUT2D eigenvalue weighted by Crippen LogP contribution is 2.37. The molecule has 1 atom stereocenters. The molecule has 0 radical (unpaired) electrons. The van der Waals surface area contributed by atoms with Crippen LogP contribution in [0.15, 0.2) is 48.8 Å². The van der Waals surface area contributed by atoms with Crippen LogP contribution in [-0.2, 0) is 6.42 Å². The van der Waals surface area contributed by atoms with E-state index < -0.39 is 0 Å². The molecule has 0 saturated carbocycles. The van der Waals surface area contributed by atoms with Crippen molar-refractivity contribution in [2.24, 2.45) is 0 Å². The van der Waals surface area contributed by atoms with Gasteiger partial charge in [0.05, 0.1) is 0 Å². The van der Waals surface area contributed by atoms with Gasteiger partial charge in [-0.05, 0) is 37.1 Å². The fraction of sp³-hybridized carbons (Fsp3) is 0.214. The molecule has 0 fully saturated rings. The van der Waals surface area contributed by atoms with Crippen LogP contribution in [-0.4, -0.2) is 11.0 Å². The van der Waals surface area contributed by atoms with Crippen LogP contribution in [0.1, 0.15) is 12.5 Å². The number of rotatable bonds is 1. The van der Waals surface area contributed by atoms with Gasteiger partial charge in [0.25, 0.3) is 0 Å². The van der Waals surface area contributed by atoms with Gasteiger partial charge >= 0.3 is 0 Å². The summed E-state index contributed by atoms with van der Waals surface area (Å²) in [5.74, 6) is 0. The SMILES string of the molecule is C[C@H]1Cc2ccccc2N1c1ccncc1. The van der Waals surface area contributed by atoms with Gasteiger partial charge in [-0.1, -0.05) is 18.2 Å². The number of fused-ring (bicyclic) bond motifs is 1. The number of aromatic nitrogens is 1. The molecular weight excluding hydrogens is 196 g/mol. The molecule has 1 aliphatic rings. The van der Waals surface area contributed by atoms with Crippen molar-refractivity contribution in [2.45, 2.75) is 19.4 Å². The van der Waals surface area contributed by atoms with E-state index in [1.807, 2.05) is 12.4 Å². The summed E-state index contributed by atoms with van der Waals surface area (Å²) in [6, 6.07) is 13.3. The monoisotopic (exact) mass is 210 g/mol. The van der Waals surface area contributed by atoms with E-state index in [0.29, 0.717) is 6.04 Å². The molecule has 0 N–H and O–H groups in total. The molecule has 0 spiro atoms. The number of para-hydroxylation sites is 1. The molecule has 3 rings (SSSR count). The van der Waals surface area contributed by atoms with E-state index in [9.17, 15) is 0 Å². The molecule has 0 amide bonds. The summed E-state index contributed by atoms with van der Waals surface area (Å²) in [5, 5.41) is 0. The Morgan fingerprint density at radius 3 is 2.69 bits per heavy atom. The molecule has 0 unspecified atom stereocenters. The number of hydrogen-bond acceptors (Lipinski definition) is 2. The molecule has 16 heavy (non-hydrogen) atoms. The van der Waals surface area contributed by atoms with Gasteiger partial charge < -0.3 is 4.90 Å². The van der Waals surface area contributed by atoms with Crippen molar-refractivity contribution in [1.82, 2.24) is 4.98 Å². The molecule has 80 valence electrons. The zero-order chi connectivity index (χ0) is 11.0. The van der Waals surface area contributed by atoms with E-state index in [1.54, 1.807) is 0 Å². The van der Waals surface area contributed by atoms with Crippen LogP contribution in [0.25, 0.3) is 0 Å². The highest BCUT2D eigenvalue weighted by atomic mass is 15.2. The smallest absolute Gasteiger partial charge is 0.0446 e. The Balaban J connectivity index is 2.09. The fourth-order valence-corrected chi connectivity index (χ4v) is 2.46.